The van der Waals surface area contributed by atoms with Crippen molar-refractivity contribution in [3.63, 3.8) is 0 Å². The summed E-state index contributed by atoms with van der Waals surface area (Å²) in [6.45, 7) is 5.62. The molecule has 1 aromatic rings. The van der Waals surface area contributed by atoms with Gasteiger partial charge >= 0.3 is 0 Å². The van der Waals surface area contributed by atoms with Crippen molar-refractivity contribution in [1.82, 2.24) is 4.90 Å². The van der Waals surface area contributed by atoms with E-state index in [1.165, 1.54) is 18.4 Å². The van der Waals surface area contributed by atoms with E-state index in [2.05, 4.69) is 24.0 Å². The summed E-state index contributed by atoms with van der Waals surface area (Å²) in [5.41, 5.74) is 0.995. The fourth-order valence-corrected chi connectivity index (χ4v) is 3.28. The molecule has 1 saturated heterocycles. The average molecular weight is 277 g/mol. The van der Waals surface area contributed by atoms with Gasteiger partial charge in [0.25, 0.3) is 0 Å². The van der Waals surface area contributed by atoms with Crippen molar-refractivity contribution in [2.45, 2.75) is 31.6 Å². The summed E-state index contributed by atoms with van der Waals surface area (Å²) in [5.74, 6) is 0.604. The molecule has 0 radical (unpaired) electrons. The first-order valence-corrected chi connectivity index (χ1v) is 7.67. The number of piperidine rings is 1. The Labute approximate surface area is 122 Å². The molecule has 0 bridgehead atoms. The monoisotopic (exact) mass is 277 g/mol. The standard InChI is InChI=1S/C17H27NO2/c1-17(14-20,16-7-3-2-4-8-16)13-18-10-5-6-15(12-18)9-11-19/h2-4,7-8,15,19-20H,5-6,9-14H2,1H3. The second-order valence-electron chi connectivity index (χ2n) is 6.34. The molecular weight excluding hydrogens is 250 g/mol. The maximum atomic E-state index is 9.87. The third-order valence-corrected chi connectivity index (χ3v) is 4.53. The van der Waals surface area contributed by atoms with Crippen LogP contribution < -0.4 is 0 Å². The third kappa shape index (κ3) is 3.81. The van der Waals surface area contributed by atoms with Gasteiger partial charge in [-0.3, -0.25) is 0 Å². The Morgan fingerprint density at radius 1 is 1.25 bits per heavy atom. The fraction of sp³-hybridized carbons (Fsp3) is 0.647. The van der Waals surface area contributed by atoms with E-state index in [4.69, 9.17) is 5.11 Å². The van der Waals surface area contributed by atoms with Crippen LogP contribution in [0.5, 0.6) is 0 Å². The molecule has 0 amide bonds. The highest BCUT2D eigenvalue weighted by molar-refractivity contribution is 5.25. The normalized spacial score (nSPS) is 23.4. The molecule has 1 aliphatic rings. The molecule has 2 rings (SSSR count). The molecule has 1 aromatic carbocycles. The van der Waals surface area contributed by atoms with Crippen LogP contribution in [0.25, 0.3) is 0 Å². The summed E-state index contributed by atoms with van der Waals surface area (Å²) in [6, 6.07) is 10.3. The van der Waals surface area contributed by atoms with E-state index >= 15 is 0 Å². The maximum absolute atomic E-state index is 9.87. The van der Waals surface area contributed by atoms with Crippen molar-refractivity contribution in [2.24, 2.45) is 5.92 Å². The number of benzene rings is 1. The molecule has 0 aromatic heterocycles. The molecule has 0 aliphatic carbocycles. The second-order valence-corrected chi connectivity index (χ2v) is 6.34. The van der Waals surface area contributed by atoms with Gasteiger partial charge in [-0.05, 0) is 37.3 Å². The van der Waals surface area contributed by atoms with E-state index in [1.807, 2.05) is 18.2 Å². The lowest BCUT2D eigenvalue weighted by molar-refractivity contribution is 0.0987. The average Bonchev–Trinajstić information content (AvgIpc) is 2.49. The van der Waals surface area contributed by atoms with Gasteiger partial charge in [-0.15, -0.1) is 0 Å². The Bertz CT molecular complexity index is 393. The Kier molecular flexibility index (Phi) is 5.58. The first-order chi connectivity index (χ1) is 9.68. The van der Waals surface area contributed by atoms with Gasteiger partial charge in [-0.2, -0.15) is 0 Å². The Morgan fingerprint density at radius 3 is 2.65 bits per heavy atom. The zero-order chi connectivity index (χ0) is 14.4. The predicted octanol–water partition coefficient (Wildman–Crippen LogP) is 2.03. The van der Waals surface area contributed by atoms with Crippen LogP contribution in [-0.4, -0.2) is 48.0 Å². The van der Waals surface area contributed by atoms with Crippen LogP contribution in [0.1, 0.15) is 31.7 Å². The van der Waals surface area contributed by atoms with E-state index < -0.39 is 0 Å². The SMILES string of the molecule is CC(CO)(CN1CCCC(CCO)C1)c1ccccc1. The van der Waals surface area contributed by atoms with Gasteiger partial charge in [0.1, 0.15) is 0 Å². The molecule has 2 atom stereocenters. The van der Waals surface area contributed by atoms with Crippen LogP contribution in [-0.2, 0) is 5.41 Å². The van der Waals surface area contributed by atoms with Crippen molar-refractivity contribution in [2.75, 3.05) is 32.8 Å². The number of nitrogens with zero attached hydrogens (tertiary/aromatic N) is 1. The molecule has 2 N–H and O–H groups in total. The van der Waals surface area contributed by atoms with Crippen molar-refractivity contribution in [3.05, 3.63) is 35.9 Å². The summed E-state index contributed by atoms with van der Waals surface area (Å²) >= 11 is 0. The third-order valence-electron chi connectivity index (χ3n) is 4.53. The first-order valence-electron chi connectivity index (χ1n) is 7.67. The summed E-state index contributed by atoms with van der Waals surface area (Å²) < 4.78 is 0. The zero-order valence-corrected chi connectivity index (χ0v) is 12.5. The number of hydrogen-bond donors (Lipinski definition) is 2. The van der Waals surface area contributed by atoms with E-state index in [0.717, 1.165) is 26.1 Å². The molecule has 112 valence electrons. The highest BCUT2D eigenvalue weighted by Crippen LogP contribution is 2.27. The van der Waals surface area contributed by atoms with Crippen LogP contribution in [0.3, 0.4) is 0 Å². The van der Waals surface area contributed by atoms with Gasteiger partial charge < -0.3 is 15.1 Å². The molecule has 2 unspecified atom stereocenters. The molecular formula is C17H27NO2. The van der Waals surface area contributed by atoms with Gasteiger partial charge in [-0.1, -0.05) is 37.3 Å². The van der Waals surface area contributed by atoms with Gasteiger partial charge in [0.2, 0.25) is 0 Å². The van der Waals surface area contributed by atoms with E-state index in [1.54, 1.807) is 0 Å². The Morgan fingerprint density at radius 2 is 2.00 bits per heavy atom. The minimum absolute atomic E-state index is 0.165. The summed E-state index contributed by atoms with van der Waals surface area (Å²) in [4.78, 5) is 2.45. The lowest BCUT2D eigenvalue weighted by Gasteiger charge is -2.39. The molecule has 0 spiro atoms. The quantitative estimate of drug-likeness (QED) is 0.836. The Balaban J connectivity index is 2.02. The second kappa shape index (κ2) is 7.21. The summed E-state index contributed by atoms with van der Waals surface area (Å²) in [6.07, 6.45) is 3.32. The molecule has 1 aliphatic heterocycles. The van der Waals surface area contributed by atoms with Crippen molar-refractivity contribution in [1.29, 1.82) is 0 Å². The van der Waals surface area contributed by atoms with Gasteiger partial charge in [0.15, 0.2) is 0 Å². The number of likely N-dealkylation sites (tertiary alicyclic amines) is 1. The topological polar surface area (TPSA) is 43.7 Å². The van der Waals surface area contributed by atoms with E-state index in [9.17, 15) is 5.11 Å². The summed E-state index contributed by atoms with van der Waals surface area (Å²) in [7, 11) is 0. The van der Waals surface area contributed by atoms with Crippen LogP contribution >= 0.6 is 0 Å². The highest BCUT2D eigenvalue weighted by Gasteiger charge is 2.30. The van der Waals surface area contributed by atoms with Crippen molar-refractivity contribution < 1.29 is 10.2 Å². The van der Waals surface area contributed by atoms with E-state index in [-0.39, 0.29) is 18.6 Å². The maximum Gasteiger partial charge on any atom is 0.0537 e. The summed E-state index contributed by atoms with van der Waals surface area (Å²) in [5, 5.41) is 19.0. The van der Waals surface area contributed by atoms with Crippen molar-refractivity contribution >= 4 is 0 Å². The first kappa shape index (κ1) is 15.5. The molecule has 20 heavy (non-hydrogen) atoms. The van der Waals surface area contributed by atoms with Gasteiger partial charge in [0.05, 0.1) is 6.61 Å². The minimum Gasteiger partial charge on any atom is -0.396 e. The van der Waals surface area contributed by atoms with Gasteiger partial charge in [-0.25, -0.2) is 0 Å². The molecule has 0 saturated carbocycles. The molecule has 3 heteroatoms. The van der Waals surface area contributed by atoms with Crippen LogP contribution in [0.15, 0.2) is 30.3 Å². The minimum atomic E-state index is -0.206. The van der Waals surface area contributed by atoms with Gasteiger partial charge in [0, 0.05) is 25.1 Å². The predicted molar refractivity (Wildman–Crippen MR) is 81.7 cm³/mol. The largest absolute Gasteiger partial charge is 0.396 e. The van der Waals surface area contributed by atoms with Crippen LogP contribution in [0, 0.1) is 5.92 Å². The zero-order valence-electron chi connectivity index (χ0n) is 12.5. The molecule has 1 fully saturated rings. The van der Waals surface area contributed by atoms with Crippen LogP contribution in [0.4, 0.5) is 0 Å². The number of aliphatic hydroxyl groups excluding tert-OH is 2. The smallest absolute Gasteiger partial charge is 0.0537 e. The lowest BCUT2D eigenvalue weighted by atomic mass is 9.82. The fourth-order valence-electron chi connectivity index (χ4n) is 3.28. The number of aliphatic hydroxyl groups is 2. The van der Waals surface area contributed by atoms with E-state index in [0.29, 0.717) is 5.92 Å². The Hall–Kier alpha value is -0.900. The van der Waals surface area contributed by atoms with Crippen molar-refractivity contribution in [3.8, 4) is 0 Å². The lowest BCUT2D eigenvalue weighted by Crippen LogP contribution is -2.45. The number of hydrogen-bond acceptors (Lipinski definition) is 3. The number of rotatable bonds is 6. The highest BCUT2D eigenvalue weighted by atomic mass is 16.3. The molecule has 3 nitrogen and oxygen atoms in total. The molecule has 1 heterocycles. The van der Waals surface area contributed by atoms with Crippen LogP contribution in [0.2, 0.25) is 0 Å².